The first kappa shape index (κ1) is 18.8. The molecule has 2 N–H and O–H groups in total. The quantitative estimate of drug-likeness (QED) is 0.542. The third-order valence-corrected chi connectivity index (χ3v) is 5.59. The maximum Gasteiger partial charge on any atom is 0.165 e. The molecule has 0 saturated carbocycles. The van der Waals surface area contributed by atoms with E-state index in [0.717, 1.165) is 65.9 Å². The lowest BCUT2D eigenvalue weighted by Gasteiger charge is -2.29. The minimum atomic E-state index is 0.463. The summed E-state index contributed by atoms with van der Waals surface area (Å²) in [5.74, 6) is 1.31. The summed E-state index contributed by atoms with van der Waals surface area (Å²) >= 11 is 6.67. The molecule has 0 bridgehead atoms. The van der Waals surface area contributed by atoms with Crippen LogP contribution in [0.1, 0.15) is 5.82 Å². The second kappa shape index (κ2) is 7.59. The SMILES string of the molecule is Cc1nc2ccc(-c3ccnc(N)c3)nc2n1-c1ccc(N2CCOCC2)c(Cl)c1. The molecule has 4 aromatic rings. The van der Waals surface area contributed by atoms with E-state index in [1.165, 1.54) is 0 Å². The normalized spacial score (nSPS) is 14.4. The van der Waals surface area contributed by atoms with Crippen LogP contribution >= 0.6 is 11.6 Å². The van der Waals surface area contributed by atoms with Gasteiger partial charge < -0.3 is 15.4 Å². The summed E-state index contributed by atoms with van der Waals surface area (Å²) in [6.07, 6.45) is 1.68. The van der Waals surface area contributed by atoms with Gasteiger partial charge in [0.1, 0.15) is 17.2 Å². The van der Waals surface area contributed by atoms with Gasteiger partial charge in [-0.2, -0.15) is 0 Å². The Kier molecular flexibility index (Phi) is 4.77. The summed E-state index contributed by atoms with van der Waals surface area (Å²) < 4.78 is 7.47. The number of pyridine rings is 2. The molecule has 1 aliphatic heterocycles. The number of nitrogens with two attached hydrogens (primary N) is 1. The maximum absolute atomic E-state index is 6.67. The van der Waals surface area contributed by atoms with Gasteiger partial charge in [0.15, 0.2) is 5.65 Å². The van der Waals surface area contributed by atoms with Crippen molar-refractivity contribution >= 4 is 34.3 Å². The van der Waals surface area contributed by atoms with E-state index in [1.807, 2.05) is 41.8 Å². The smallest absolute Gasteiger partial charge is 0.165 e. The summed E-state index contributed by atoms with van der Waals surface area (Å²) in [7, 11) is 0. The lowest BCUT2D eigenvalue weighted by Crippen LogP contribution is -2.36. The van der Waals surface area contributed by atoms with Crippen molar-refractivity contribution in [2.45, 2.75) is 6.92 Å². The third kappa shape index (κ3) is 3.36. The first-order valence-electron chi connectivity index (χ1n) is 9.81. The number of aryl methyl sites for hydroxylation is 1. The Morgan fingerprint density at radius 1 is 1.03 bits per heavy atom. The van der Waals surface area contributed by atoms with Gasteiger partial charge in [0.05, 0.1) is 35.3 Å². The molecule has 0 aliphatic carbocycles. The first-order valence-corrected chi connectivity index (χ1v) is 10.2. The Morgan fingerprint density at radius 2 is 1.87 bits per heavy atom. The topological polar surface area (TPSA) is 82.1 Å². The van der Waals surface area contributed by atoms with Crippen LogP contribution in [0.4, 0.5) is 11.5 Å². The first-order chi connectivity index (χ1) is 14.6. The zero-order chi connectivity index (χ0) is 20.7. The van der Waals surface area contributed by atoms with E-state index >= 15 is 0 Å². The van der Waals surface area contributed by atoms with Gasteiger partial charge in [-0.25, -0.2) is 15.0 Å². The lowest BCUT2D eigenvalue weighted by atomic mass is 10.1. The zero-order valence-corrected chi connectivity index (χ0v) is 17.3. The van der Waals surface area contributed by atoms with Gasteiger partial charge in [-0.3, -0.25) is 4.57 Å². The molecule has 0 radical (unpaired) electrons. The molecule has 5 rings (SSSR count). The van der Waals surface area contributed by atoms with E-state index in [9.17, 15) is 0 Å². The Bertz CT molecular complexity index is 1230. The van der Waals surface area contributed by atoms with E-state index in [-0.39, 0.29) is 0 Å². The molecule has 30 heavy (non-hydrogen) atoms. The number of hydrogen-bond donors (Lipinski definition) is 1. The molecule has 3 aromatic heterocycles. The van der Waals surface area contributed by atoms with Crippen LogP contribution in [-0.2, 0) is 4.74 Å². The number of halogens is 1. The number of rotatable bonds is 3. The van der Waals surface area contributed by atoms with E-state index in [2.05, 4.69) is 27.0 Å². The molecule has 0 unspecified atom stereocenters. The summed E-state index contributed by atoms with van der Waals surface area (Å²) in [5.41, 5.74) is 11.1. The van der Waals surface area contributed by atoms with Crippen molar-refractivity contribution < 1.29 is 4.74 Å². The molecule has 0 amide bonds. The van der Waals surface area contributed by atoms with Crippen LogP contribution in [0.2, 0.25) is 5.02 Å². The standard InChI is InChI=1S/C22H21ClN6O/c1-14-26-19-4-3-18(15-6-7-25-21(24)12-15)27-22(19)29(14)16-2-5-20(17(23)13-16)28-8-10-30-11-9-28/h2-7,12-13H,8-11H2,1H3,(H2,24,25). The lowest BCUT2D eigenvalue weighted by molar-refractivity contribution is 0.122. The van der Waals surface area contributed by atoms with Gasteiger partial charge in [0.25, 0.3) is 0 Å². The van der Waals surface area contributed by atoms with Gasteiger partial charge in [-0.05, 0) is 49.4 Å². The van der Waals surface area contributed by atoms with E-state index in [1.54, 1.807) is 6.20 Å². The minimum Gasteiger partial charge on any atom is -0.384 e. The minimum absolute atomic E-state index is 0.463. The largest absolute Gasteiger partial charge is 0.384 e. The number of fused-ring (bicyclic) bond motifs is 1. The van der Waals surface area contributed by atoms with Crippen molar-refractivity contribution in [1.82, 2.24) is 19.5 Å². The fourth-order valence-electron chi connectivity index (χ4n) is 3.84. The van der Waals surface area contributed by atoms with Crippen molar-refractivity contribution in [3.05, 3.63) is 59.5 Å². The van der Waals surface area contributed by atoms with Crippen LogP contribution in [0, 0.1) is 6.92 Å². The molecule has 0 spiro atoms. The summed E-state index contributed by atoms with van der Waals surface area (Å²) in [5, 5.41) is 0.703. The van der Waals surface area contributed by atoms with Crippen LogP contribution < -0.4 is 10.6 Å². The van der Waals surface area contributed by atoms with Crippen molar-refractivity contribution in [3.8, 4) is 16.9 Å². The highest BCUT2D eigenvalue weighted by molar-refractivity contribution is 6.33. The maximum atomic E-state index is 6.67. The van der Waals surface area contributed by atoms with Crippen molar-refractivity contribution in [2.75, 3.05) is 36.9 Å². The summed E-state index contributed by atoms with van der Waals surface area (Å²) in [6.45, 7) is 5.08. The fourth-order valence-corrected chi connectivity index (χ4v) is 4.14. The predicted octanol–water partition coefficient (Wildman–Crippen LogP) is 3.86. The van der Waals surface area contributed by atoms with Crippen LogP contribution in [-0.4, -0.2) is 45.8 Å². The monoisotopic (exact) mass is 420 g/mol. The van der Waals surface area contributed by atoms with Crippen molar-refractivity contribution in [2.24, 2.45) is 0 Å². The van der Waals surface area contributed by atoms with E-state index in [4.69, 9.17) is 27.1 Å². The number of ether oxygens (including phenoxy) is 1. The summed E-state index contributed by atoms with van der Waals surface area (Å²) in [6, 6.07) is 13.7. The van der Waals surface area contributed by atoms with E-state index in [0.29, 0.717) is 10.8 Å². The fraction of sp³-hybridized carbons (Fsp3) is 0.227. The van der Waals surface area contributed by atoms with Crippen LogP contribution in [0.5, 0.6) is 0 Å². The number of aromatic nitrogens is 4. The van der Waals surface area contributed by atoms with Crippen molar-refractivity contribution in [1.29, 1.82) is 0 Å². The molecule has 1 aromatic carbocycles. The second-order valence-corrected chi connectivity index (χ2v) is 7.65. The number of anilines is 2. The highest BCUT2D eigenvalue weighted by Gasteiger charge is 2.17. The number of nitrogens with zero attached hydrogens (tertiary/aromatic N) is 5. The van der Waals surface area contributed by atoms with Gasteiger partial charge >= 0.3 is 0 Å². The molecule has 152 valence electrons. The zero-order valence-electron chi connectivity index (χ0n) is 16.5. The van der Waals surface area contributed by atoms with Crippen LogP contribution in [0.25, 0.3) is 28.1 Å². The molecule has 1 saturated heterocycles. The van der Waals surface area contributed by atoms with Crippen LogP contribution in [0.15, 0.2) is 48.7 Å². The Morgan fingerprint density at radius 3 is 2.63 bits per heavy atom. The Balaban J connectivity index is 1.59. The summed E-state index contributed by atoms with van der Waals surface area (Å²) in [4.78, 5) is 15.9. The molecule has 4 heterocycles. The van der Waals surface area contributed by atoms with Gasteiger partial charge in [-0.1, -0.05) is 11.6 Å². The number of hydrogen-bond acceptors (Lipinski definition) is 6. The number of morpholine rings is 1. The molecule has 7 nitrogen and oxygen atoms in total. The second-order valence-electron chi connectivity index (χ2n) is 7.24. The third-order valence-electron chi connectivity index (χ3n) is 5.29. The number of nitrogen functional groups attached to an aromatic ring is 1. The van der Waals surface area contributed by atoms with Crippen LogP contribution in [0.3, 0.4) is 0 Å². The Hall–Kier alpha value is -3.16. The number of benzene rings is 1. The van der Waals surface area contributed by atoms with E-state index < -0.39 is 0 Å². The molecule has 1 fully saturated rings. The highest BCUT2D eigenvalue weighted by Crippen LogP contribution is 2.31. The highest BCUT2D eigenvalue weighted by atomic mass is 35.5. The molecular formula is C22H21ClN6O. The molecule has 8 heteroatoms. The number of imidazole rings is 1. The van der Waals surface area contributed by atoms with Gasteiger partial charge in [0, 0.05) is 24.8 Å². The Labute approximate surface area is 179 Å². The van der Waals surface area contributed by atoms with Gasteiger partial charge in [-0.15, -0.1) is 0 Å². The molecular weight excluding hydrogens is 400 g/mol. The van der Waals surface area contributed by atoms with Gasteiger partial charge in [0.2, 0.25) is 0 Å². The predicted molar refractivity (Wildman–Crippen MR) is 119 cm³/mol. The average molecular weight is 421 g/mol. The molecule has 1 aliphatic rings. The van der Waals surface area contributed by atoms with Crippen molar-refractivity contribution in [3.63, 3.8) is 0 Å². The average Bonchev–Trinajstić information content (AvgIpc) is 3.09. The molecule has 0 atom stereocenters.